The molecule has 2 aromatic rings. The zero-order valence-corrected chi connectivity index (χ0v) is 13.9. The van der Waals surface area contributed by atoms with Crippen molar-refractivity contribution in [3.05, 3.63) is 53.6 Å². The molecule has 1 aliphatic rings. The molecule has 24 heavy (non-hydrogen) atoms. The first-order valence-corrected chi connectivity index (χ1v) is 7.94. The summed E-state index contributed by atoms with van der Waals surface area (Å²) in [4.78, 5) is 23.8. The summed E-state index contributed by atoms with van der Waals surface area (Å²) in [5, 5.41) is 5.56. The Morgan fingerprint density at radius 2 is 1.67 bits per heavy atom. The molecule has 0 bridgehead atoms. The van der Waals surface area contributed by atoms with Gasteiger partial charge in [-0.2, -0.15) is 0 Å². The standard InChI is InChI=1S/C19H20N2O3/c1-11-12(2)24-18-16(11)8-5-9-17(18)19(23)21-15-7-4-6-14(10-15)20-13(3)22/h4-12H,1-3H3,(H,20,22)(H,21,23)/t11-,12-/m1/s1. The first-order chi connectivity index (χ1) is 11.5. The lowest BCUT2D eigenvalue weighted by Gasteiger charge is -2.11. The molecule has 0 fully saturated rings. The maximum absolute atomic E-state index is 12.6. The van der Waals surface area contributed by atoms with Crippen LogP contribution in [-0.4, -0.2) is 17.9 Å². The molecule has 2 amide bonds. The van der Waals surface area contributed by atoms with Gasteiger partial charge in [-0.15, -0.1) is 0 Å². The highest BCUT2D eigenvalue weighted by Gasteiger charge is 2.31. The van der Waals surface area contributed by atoms with Crippen LogP contribution in [0.3, 0.4) is 0 Å². The van der Waals surface area contributed by atoms with Gasteiger partial charge in [-0.25, -0.2) is 0 Å². The fourth-order valence-electron chi connectivity index (χ4n) is 2.84. The Hall–Kier alpha value is -2.82. The van der Waals surface area contributed by atoms with Crippen LogP contribution in [0.25, 0.3) is 0 Å². The van der Waals surface area contributed by atoms with Crippen LogP contribution < -0.4 is 15.4 Å². The largest absolute Gasteiger partial charge is 0.489 e. The van der Waals surface area contributed by atoms with Gasteiger partial charge in [-0.1, -0.05) is 25.1 Å². The van der Waals surface area contributed by atoms with Gasteiger partial charge in [0.05, 0.1) is 5.56 Å². The van der Waals surface area contributed by atoms with Crippen molar-refractivity contribution in [3.63, 3.8) is 0 Å². The van der Waals surface area contributed by atoms with Gasteiger partial charge < -0.3 is 15.4 Å². The molecular formula is C19H20N2O3. The third-order valence-electron chi connectivity index (χ3n) is 4.23. The van der Waals surface area contributed by atoms with E-state index < -0.39 is 0 Å². The fourth-order valence-corrected chi connectivity index (χ4v) is 2.84. The lowest BCUT2D eigenvalue weighted by atomic mass is 9.97. The number of carbonyl (C=O) groups excluding carboxylic acids is 2. The Morgan fingerprint density at radius 3 is 2.38 bits per heavy atom. The zero-order valence-electron chi connectivity index (χ0n) is 13.9. The molecule has 0 saturated carbocycles. The second kappa shape index (κ2) is 6.35. The second-order valence-electron chi connectivity index (χ2n) is 6.05. The topological polar surface area (TPSA) is 67.4 Å². The minimum atomic E-state index is -0.229. The molecular weight excluding hydrogens is 304 g/mol. The third kappa shape index (κ3) is 3.11. The van der Waals surface area contributed by atoms with E-state index in [2.05, 4.69) is 17.6 Å². The first-order valence-electron chi connectivity index (χ1n) is 7.94. The van der Waals surface area contributed by atoms with Crippen molar-refractivity contribution in [2.75, 3.05) is 10.6 Å². The summed E-state index contributed by atoms with van der Waals surface area (Å²) >= 11 is 0. The summed E-state index contributed by atoms with van der Waals surface area (Å²) in [5.41, 5.74) is 2.83. The van der Waals surface area contributed by atoms with Crippen LogP contribution in [0, 0.1) is 0 Å². The van der Waals surface area contributed by atoms with E-state index in [1.165, 1.54) is 6.92 Å². The average molecular weight is 324 g/mol. The molecule has 5 heteroatoms. The lowest BCUT2D eigenvalue weighted by molar-refractivity contribution is -0.114. The zero-order chi connectivity index (χ0) is 17.3. The molecule has 0 unspecified atom stereocenters. The van der Waals surface area contributed by atoms with E-state index >= 15 is 0 Å². The van der Waals surface area contributed by atoms with Crippen molar-refractivity contribution < 1.29 is 14.3 Å². The van der Waals surface area contributed by atoms with Crippen LogP contribution in [0.4, 0.5) is 11.4 Å². The number of para-hydroxylation sites is 1. The average Bonchev–Trinajstić information content (AvgIpc) is 2.82. The highest BCUT2D eigenvalue weighted by Crippen LogP contribution is 2.40. The van der Waals surface area contributed by atoms with E-state index in [0.29, 0.717) is 22.7 Å². The summed E-state index contributed by atoms with van der Waals surface area (Å²) in [6, 6.07) is 12.7. The summed E-state index contributed by atoms with van der Waals surface area (Å²) in [6.07, 6.45) is 0.0528. The number of fused-ring (bicyclic) bond motifs is 1. The molecule has 0 spiro atoms. The van der Waals surface area contributed by atoms with Gasteiger partial charge in [0.25, 0.3) is 5.91 Å². The van der Waals surface area contributed by atoms with Crippen LogP contribution in [-0.2, 0) is 4.79 Å². The predicted octanol–water partition coefficient (Wildman–Crippen LogP) is 3.78. The van der Waals surface area contributed by atoms with Crippen LogP contribution in [0.2, 0.25) is 0 Å². The number of benzene rings is 2. The number of anilines is 2. The van der Waals surface area contributed by atoms with Crippen molar-refractivity contribution in [1.29, 1.82) is 0 Å². The minimum absolute atomic E-state index is 0.0528. The molecule has 2 atom stereocenters. The molecule has 2 N–H and O–H groups in total. The number of hydrogen-bond donors (Lipinski definition) is 2. The van der Waals surface area contributed by atoms with Crippen molar-refractivity contribution in [2.45, 2.75) is 32.8 Å². The number of carbonyl (C=O) groups is 2. The fraction of sp³-hybridized carbons (Fsp3) is 0.263. The summed E-state index contributed by atoms with van der Waals surface area (Å²) in [5.74, 6) is 0.535. The van der Waals surface area contributed by atoms with Gasteiger partial charge in [0.1, 0.15) is 11.9 Å². The van der Waals surface area contributed by atoms with Gasteiger partial charge in [-0.3, -0.25) is 9.59 Å². The molecule has 1 aliphatic heterocycles. The smallest absolute Gasteiger partial charge is 0.259 e. The van der Waals surface area contributed by atoms with E-state index in [-0.39, 0.29) is 23.8 Å². The van der Waals surface area contributed by atoms with Crippen molar-refractivity contribution in [2.24, 2.45) is 0 Å². The Bertz CT molecular complexity index is 801. The molecule has 0 radical (unpaired) electrons. The van der Waals surface area contributed by atoms with Gasteiger partial charge in [-0.05, 0) is 31.2 Å². The molecule has 124 valence electrons. The molecule has 2 aromatic carbocycles. The van der Waals surface area contributed by atoms with E-state index in [9.17, 15) is 9.59 Å². The normalized spacial score (nSPS) is 18.5. The number of nitrogens with one attached hydrogen (secondary N) is 2. The summed E-state index contributed by atoms with van der Waals surface area (Å²) < 4.78 is 5.87. The Kier molecular flexibility index (Phi) is 4.25. The minimum Gasteiger partial charge on any atom is -0.489 e. The molecule has 0 aliphatic carbocycles. The number of hydrogen-bond acceptors (Lipinski definition) is 3. The van der Waals surface area contributed by atoms with E-state index in [0.717, 1.165) is 5.56 Å². The van der Waals surface area contributed by atoms with Crippen LogP contribution >= 0.6 is 0 Å². The molecule has 1 heterocycles. The van der Waals surface area contributed by atoms with Crippen molar-refractivity contribution in [1.82, 2.24) is 0 Å². The highest BCUT2D eigenvalue weighted by molar-refractivity contribution is 6.07. The maximum Gasteiger partial charge on any atom is 0.259 e. The second-order valence-corrected chi connectivity index (χ2v) is 6.05. The predicted molar refractivity (Wildman–Crippen MR) is 93.6 cm³/mol. The number of ether oxygens (including phenoxy) is 1. The Morgan fingerprint density at radius 1 is 1.00 bits per heavy atom. The summed E-state index contributed by atoms with van der Waals surface area (Å²) in [7, 11) is 0. The quantitative estimate of drug-likeness (QED) is 0.903. The Balaban J connectivity index is 1.83. The SMILES string of the molecule is CC(=O)Nc1cccc(NC(=O)c2cccc3c2O[C@H](C)[C@H]3C)c1. The van der Waals surface area contributed by atoms with Gasteiger partial charge in [0.15, 0.2) is 0 Å². The monoisotopic (exact) mass is 324 g/mol. The van der Waals surface area contributed by atoms with E-state index in [4.69, 9.17) is 4.74 Å². The number of amides is 2. The summed E-state index contributed by atoms with van der Waals surface area (Å²) in [6.45, 7) is 5.54. The third-order valence-corrected chi connectivity index (χ3v) is 4.23. The van der Waals surface area contributed by atoms with Crippen LogP contribution in [0.15, 0.2) is 42.5 Å². The molecule has 0 saturated heterocycles. The highest BCUT2D eigenvalue weighted by atomic mass is 16.5. The van der Waals surface area contributed by atoms with Crippen molar-refractivity contribution >= 4 is 23.2 Å². The van der Waals surface area contributed by atoms with Gasteiger partial charge in [0.2, 0.25) is 5.91 Å². The number of rotatable bonds is 3. The first kappa shape index (κ1) is 16.1. The lowest BCUT2D eigenvalue weighted by Crippen LogP contribution is -2.14. The van der Waals surface area contributed by atoms with E-state index in [1.807, 2.05) is 19.1 Å². The van der Waals surface area contributed by atoms with Crippen LogP contribution in [0.5, 0.6) is 5.75 Å². The van der Waals surface area contributed by atoms with Gasteiger partial charge >= 0.3 is 0 Å². The maximum atomic E-state index is 12.6. The molecule has 3 rings (SSSR count). The molecule has 0 aromatic heterocycles. The molecule has 5 nitrogen and oxygen atoms in total. The Labute approximate surface area is 141 Å². The van der Waals surface area contributed by atoms with Gasteiger partial charge in [0, 0.05) is 29.8 Å². The van der Waals surface area contributed by atoms with Crippen LogP contribution in [0.1, 0.15) is 42.6 Å². The van der Waals surface area contributed by atoms with E-state index in [1.54, 1.807) is 30.3 Å². The van der Waals surface area contributed by atoms with Crippen molar-refractivity contribution in [3.8, 4) is 5.75 Å².